The summed E-state index contributed by atoms with van der Waals surface area (Å²) in [6.45, 7) is 2.00. The highest BCUT2D eigenvalue weighted by atomic mass is 35.5. The zero-order valence-electron chi connectivity index (χ0n) is 11.4. The second-order valence-electron chi connectivity index (χ2n) is 4.71. The maximum absolute atomic E-state index is 13.5. The number of nitrogens with zero attached hydrogens (tertiary/aromatic N) is 3. The van der Waals surface area contributed by atoms with Gasteiger partial charge in [-0.2, -0.15) is 0 Å². The highest BCUT2D eigenvalue weighted by molar-refractivity contribution is 6.16. The molecule has 0 radical (unpaired) electrons. The van der Waals surface area contributed by atoms with E-state index in [0.717, 1.165) is 11.3 Å². The number of hydrogen-bond acceptors (Lipinski definition) is 2. The summed E-state index contributed by atoms with van der Waals surface area (Å²) >= 11 is 5.97. The molecule has 0 N–H and O–H groups in total. The van der Waals surface area contributed by atoms with Crippen molar-refractivity contribution in [3.05, 3.63) is 65.7 Å². The Morgan fingerprint density at radius 1 is 1.10 bits per heavy atom. The van der Waals surface area contributed by atoms with Gasteiger partial charge < -0.3 is 0 Å². The van der Waals surface area contributed by atoms with E-state index in [1.165, 1.54) is 12.1 Å². The van der Waals surface area contributed by atoms with E-state index in [4.69, 9.17) is 11.6 Å². The lowest BCUT2D eigenvalue weighted by Gasteiger charge is -2.12. The summed E-state index contributed by atoms with van der Waals surface area (Å²) in [6, 6.07) is 14.2. The number of rotatable bonds is 3. The molecule has 3 rings (SSSR count). The van der Waals surface area contributed by atoms with Crippen LogP contribution in [-0.2, 0) is 5.88 Å². The van der Waals surface area contributed by atoms with Gasteiger partial charge >= 0.3 is 0 Å². The predicted molar refractivity (Wildman–Crippen MR) is 81.0 cm³/mol. The molecule has 0 bridgehead atoms. The normalized spacial score (nSPS) is 10.8. The third-order valence-corrected chi connectivity index (χ3v) is 3.53. The number of hydrogen-bond donors (Lipinski definition) is 0. The first-order valence-corrected chi connectivity index (χ1v) is 7.06. The maximum atomic E-state index is 13.5. The molecule has 2 aromatic carbocycles. The van der Waals surface area contributed by atoms with E-state index in [9.17, 15) is 4.39 Å². The van der Waals surface area contributed by atoms with Crippen LogP contribution in [0.4, 0.5) is 4.39 Å². The Morgan fingerprint density at radius 2 is 1.90 bits per heavy atom. The largest absolute Gasteiger partial charge is 0.278 e. The van der Waals surface area contributed by atoms with Gasteiger partial charge in [0.25, 0.3) is 0 Å². The van der Waals surface area contributed by atoms with Crippen molar-refractivity contribution in [2.75, 3.05) is 0 Å². The Kier molecular flexibility index (Phi) is 3.71. The van der Waals surface area contributed by atoms with E-state index in [1.54, 1.807) is 12.1 Å². The van der Waals surface area contributed by atoms with Crippen LogP contribution in [0.3, 0.4) is 0 Å². The van der Waals surface area contributed by atoms with Crippen molar-refractivity contribution in [1.29, 1.82) is 0 Å². The summed E-state index contributed by atoms with van der Waals surface area (Å²) < 4.78 is 15.3. The minimum atomic E-state index is -0.306. The van der Waals surface area contributed by atoms with E-state index < -0.39 is 0 Å². The molecule has 0 aliphatic carbocycles. The lowest BCUT2D eigenvalue weighted by atomic mass is 10.1. The Bertz CT molecular complexity index is 783. The zero-order valence-corrected chi connectivity index (χ0v) is 12.2. The van der Waals surface area contributed by atoms with Gasteiger partial charge in [-0.05, 0) is 30.7 Å². The fourth-order valence-electron chi connectivity index (χ4n) is 2.29. The summed E-state index contributed by atoms with van der Waals surface area (Å²) in [5.41, 5.74) is 2.68. The highest BCUT2D eigenvalue weighted by Crippen LogP contribution is 2.25. The summed E-state index contributed by atoms with van der Waals surface area (Å²) in [7, 11) is 0. The van der Waals surface area contributed by atoms with Crippen LogP contribution < -0.4 is 0 Å². The van der Waals surface area contributed by atoms with E-state index >= 15 is 0 Å². The molecule has 5 heteroatoms. The number of alkyl halides is 1. The van der Waals surface area contributed by atoms with Crippen LogP contribution >= 0.6 is 11.6 Å². The Labute approximate surface area is 127 Å². The van der Waals surface area contributed by atoms with Crippen LogP contribution in [0.1, 0.15) is 11.4 Å². The standard InChI is InChI=1S/C16H13ClFN3/c1-11-5-2-3-8-14(11)21-15(10-17)19-20-16(21)12-6-4-7-13(18)9-12/h2-9H,10H2,1H3. The molecule has 0 unspecified atom stereocenters. The molecule has 0 atom stereocenters. The van der Waals surface area contributed by atoms with Gasteiger partial charge in [-0.3, -0.25) is 4.57 Å². The van der Waals surface area contributed by atoms with Gasteiger partial charge in [-0.25, -0.2) is 4.39 Å². The Morgan fingerprint density at radius 3 is 2.62 bits per heavy atom. The molecule has 0 aliphatic heterocycles. The smallest absolute Gasteiger partial charge is 0.168 e. The molecule has 0 fully saturated rings. The van der Waals surface area contributed by atoms with Crippen LogP contribution in [-0.4, -0.2) is 14.8 Å². The van der Waals surface area contributed by atoms with Gasteiger partial charge in [0.05, 0.1) is 11.6 Å². The number of benzene rings is 2. The molecule has 0 saturated carbocycles. The van der Waals surface area contributed by atoms with Gasteiger partial charge in [-0.1, -0.05) is 30.3 Å². The number of aromatic nitrogens is 3. The van der Waals surface area contributed by atoms with Crippen molar-refractivity contribution < 1.29 is 4.39 Å². The summed E-state index contributed by atoms with van der Waals surface area (Å²) in [5, 5.41) is 8.29. The van der Waals surface area contributed by atoms with Crippen LogP contribution in [0, 0.1) is 12.7 Å². The molecule has 3 nitrogen and oxygen atoms in total. The second kappa shape index (κ2) is 5.66. The van der Waals surface area contributed by atoms with Crippen LogP contribution in [0.25, 0.3) is 17.1 Å². The predicted octanol–water partition coefficient (Wildman–Crippen LogP) is 4.12. The minimum Gasteiger partial charge on any atom is -0.278 e. The van der Waals surface area contributed by atoms with Crippen LogP contribution in [0.15, 0.2) is 48.5 Å². The number of halogens is 2. The molecule has 0 amide bonds. The molecule has 1 aromatic heterocycles. The fraction of sp³-hybridized carbons (Fsp3) is 0.125. The molecule has 0 saturated heterocycles. The fourth-order valence-corrected chi connectivity index (χ4v) is 2.46. The zero-order chi connectivity index (χ0) is 14.8. The van der Waals surface area contributed by atoms with Gasteiger partial charge in [0.2, 0.25) is 0 Å². The molecule has 0 aliphatic rings. The first kappa shape index (κ1) is 13.8. The lowest BCUT2D eigenvalue weighted by Crippen LogP contribution is -2.03. The Balaban J connectivity index is 2.24. The van der Waals surface area contributed by atoms with E-state index in [0.29, 0.717) is 17.2 Å². The molecular formula is C16H13ClFN3. The third-order valence-electron chi connectivity index (χ3n) is 3.29. The quantitative estimate of drug-likeness (QED) is 0.681. The van der Waals surface area contributed by atoms with Gasteiger partial charge in [-0.15, -0.1) is 21.8 Å². The Hall–Kier alpha value is -2.20. The molecular weight excluding hydrogens is 289 g/mol. The molecule has 0 spiro atoms. The highest BCUT2D eigenvalue weighted by Gasteiger charge is 2.16. The average Bonchev–Trinajstić information content (AvgIpc) is 2.91. The molecule has 3 aromatic rings. The molecule has 21 heavy (non-hydrogen) atoms. The van der Waals surface area contributed by atoms with E-state index in [2.05, 4.69) is 10.2 Å². The molecule has 106 valence electrons. The van der Waals surface area contributed by atoms with Crippen LogP contribution in [0.2, 0.25) is 0 Å². The van der Waals surface area contributed by atoms with Gasteiger partial charge in [0.1, 0.15) is 5.82 Å². The van der Waals surface area contributed by atoms with Crippen molar-refractivity contribution in [3.8, 4) is 17.1 Å². The summed E-state index contributed by atoms with van der Waals surface area (Å²) in [6.07, 6.45) is 0. The van der Waals surface area contributed by atoms with Gasteiger partial charge in [0.15, 0.2) is 11.6 Å². The lowest BCUT2D eigenvalue weighted by molar-refractivity contribution is 0.628. The third kappa shape index (κ3) is 2.54. The van der Waals surface area contributed by atoms with E-state index in [-0.39, 0.29) is 11.7 Å². The minimum absolute atomic E-state index is 0.233. The number of para-hydroxylation sites is 1. The summed E-state index contributed by atoms with van der Waals surface area (Å²) in [4.78, 5) is 0. The summed E-state index contributed by atoms with van der Waals surface area (Å²) in [5.74, 6) is 1.14. The van der Waals surface area contributed by atoms with Crippen molar-refractivity contribution >= 4 is 11.6 Å². The average molecular weight is 302 g/mol. The second-order valence-corrected chi connectivity index (χ2v) is 4.97. The van der Waals surface area contributed by atoms with Crippen molar-refractivity contribution in [2.24, 2.45) is 0 Å². The SMILES string of the molecule is Cc1ccccc1-n1c(CCl)nnc1-c1cccc(F)c1. The first-order valence-electron chi connectivity index (χ1n) is 6.53. The van der Waals surface area contributed by atoms with Crippen molar-refractivity contribution in [3.63, 3.8) is 0 Å². The maximum Gasteiger partial charge on any atom is 0.168 e. The van der Waals surface area contributed by atoms with Crippen LogP contribution in [0.5, 0.6) is 0 Å². The molecule has 1 heterocycles. The topological polar surface area (TPSA) is 30.7 Å². The van der Waals surface area contributed by atoms with Crippen molar-refractivity contribution in [2.45, 2.75) is 12.8 Å². The monoisotopic (exact) mass is 301 g/mol. The van der Waals surface area contributed by atoms with Crippen molar-refractivity contribution in [1.82, 2.24) is 14.8 Å². The number of aryl methyl sites for hydroxylation is 1. The van der Waals surface area contributed by atoms with Gasteiger partial charge in [0, 0.05) is 5.56 Å². The van der Waals surface area contributed by atoms with E-state index in [1.807, 2.05) is 35.8 Å². The first-order chi connectivity index (χ1) is 10.2.